The van der Waals surface area contributed by atoms with Crippen LogP contribution < -0.4 is 0 Å². The highest BCUT2D eigenvalue weighted by atomic mass is 32.2. The van der Waals surface area contributed by atoms with Crippen LogP contribution in [-0.4, -0.2) is 25.5 Å². The molecule has 0 bridgehead atoms. The Labute approximate surface area is 80.6 Å². The predicted molar refractivity (Wildman–Crippen MR) is 53.2 cm³/mol. The largest absolute Gasteiger partial charge is 0.268 e. The Balaban J connectivity index is 2.10. The van der Waals surface area contributed by atoms with Gasteiger partial charge < -0.3 is 0 Å². The molecule has 1 saturated heterocycles. The van der Waals surface area contributed by atoms with Crippen molar-refractivity contribution in [3.05, 3.63) is 18.0 Å². The fourth-order valence-corrected chi connectivity index (χ4v) is 2.45. The van der Waals surface area contributed by atoms with E-state index in [0.29, 0.717) is 12.0 Å². The summed E-state index contributed by atoms with van der Waals surface area (Å²) < 4.78 is 12.8. The van der Waals surface area contributed by atoms with Crippen molar-refractivity contribution in [2.24, 2.45) is 0 Å². The Bertz CT molecular complexity index is 324. The molecule has 1 aromatic heterocycles. The summed E-state index contributed by atoms with van der Waals surface area (Å²) in [7, 11) is -0.585. The molecule has 1 aliphatic rings. The Kier molecular flexibility index (Phi) is 2.24. The third-order valence-electron chi connectivity index (χ3n) is 2.42. The first kappa shape index (κ1) is 8.94. The van der Waals surface area contributed by atoms with Gasteiger partial charge in [-0.2, -0.15) is 5.10 Å². The summed E-state index contributed by atoms with van der Waals surface area (Å²) in [6, 6.07) is 0.383. The van der Waals surface area contributed by atoms with Crippen LogP contribution in [-0.2, 0) is 10.8 Å². The fraction of sp³-hybridized carbons (Fsp3) is 0.667. The van der Waals surface area contributed by atoms with Crippen molar-refractivity contribution >= 4 is 10.8 Å². The molecule has 1 aromatic rings. The van der Waals surface area contributed by atoms with Gasteiger partial charge in [0.2, 0.25) is 0 Å². The highest BCUT2D eigenvalue weighted by molar-refractivity contribution is 7.86. The second-order valence-electron chi connectivity index (χ2n) is 3.84. The van der Waals surface area contributed by atoms with E-state index in [0.717, 1.165) is 11.5 Å². The summed E-state index contributed by atoms with van der Waals surface area (Å²) in [6.45, 7) is 4.31. The minimum atomic E-state index is -0.585. The van der Waals surface area contributed by atoms with Gasteiger partial charge in [0, 0.05) is 28.5 Å². The Hall–Kier alpha value is -0.640. The Morgan fingerprint density at radius 2 is 2.31 bits per heavy atom. The third kappa shape index (κ3) is 1.68. The van der Waals surface area contributed by atoms with E-state index in [1.807, 2.05) is 10.9 Å². The standard InChI is InChI=1S/C9H14N2OS/c1-7(2)8-3-10-11(4-8)9-5-13(12)6-9/h3-4,7,9H,5-6H2,1-2H3. The topological polar surface area (TPSA) is 34.9 Å². The van der Waals surface area contributed by atoms with Gasteiger partial charge >= 0.3 is 0 Å². The minimum Gasteiger partial charge on any atom is -0.268 e. The van der Waals surface area contributed by atoms with Gasteiger partial charge in [-0.1, -0.05) is 13.8 Å². The molecule has 1 aliphatic heterocycles. The molecule has 0 unspecified atom stereocenters. The number of hydrogen-bond donors (Lipinski definition) is 0. The number of hydrogen-bond acceptors (Lipinski definition) is 2. The molecule has 0 aromatic carbocycles. The first-order chi connectivity index (χ1) is 6.16. The summed E-state index contributed by atoms with van der Waals surface area (Å²) in [5, 5.41) is 4.28. The number of aromatic nitrogens is 2. The molecule has 0 amide bonds. The molecular formula is C9H14N2OS. The molecule has 0 spiro atoms. The van der Waals surface area contributed by atoms with Crippen molar-refractivity contribution in [3.8, 4) is 0 Å². The van der Waals surface area contributed by atoms with E-state index >= 15 is 0 Å². The van der Waals surface area contributed by atoms with Crippen molar-refractivity contribution in [2.75, 3.05) is 11.5 Å². The van der Waals surface area contributed by atoms with Gasteiger partial charge in [-0.25, -0.2) is 0 Å². The van der Waals surface area contributed by atoms with E-state index in [1.165, 1.54) is 5.56 Å². The smallest absolute Gasteiger partial charge is 0.0749 e. The molecule has 0 radical (unpaired) electrons. The van der Waals surface area contributed by atoms with Crippen LogP contribution in [0.15, 0.2) is 12.4 Å². The van der Waals surface area contributed by atoms with Crippen LogP contribution in [0.4, 0.5) is 0 Å². The Morgan fingerprint density at radius 3 is 2.77 bits per heavy atom. The molecule has 4 heteroatoms. The molecule has 72 valence electrons. The van der Waals surface area contributed by atoms with Crippen LogP contribution in [0.3, 0.4) is 0 Å². The first-order valence-electron chi connectivity index (χ1n) is 4.56. The Morgan fingerprint density at radius 1 is 1.62 bits per heavy atom. The van der Waals surface area contributed by atoms with Crippen molar-refractivity contribution in [1.29, 1.82) is 0 Å². The zero-order chi connectivity index (χ0) is 9.42. The maximum atomic E-state index is 10.9. The van der Waals surface area contributed by atoms with Gasteiger partial charge in [-0.05, 0) is 11.5 Å². The van der Waals surface area contributed by atoms with E-state index in [2.05, 4.69) is 25.1 Å². The molecule has 3 nitrogen and oxygen atoms in total. The lowest BCUT2D eigenvalue weighted by atomic mass is 10.1. The highest BCUT2D eigenvalue weighted by Gasteiger charge is 2.27. The molecule has 2 rings (SSSR count). The van der Waals surface area contributed by atoms with Crippen LogP contribution in [0.2, 0.25) is 0 Å². The van der Waals surface area contributed by atoms with Crippen molar-refractivity contribution in [2.45, 2.75) is 25.8 Å². The average molecular weight is 198 g/mol. The highest BCUT2D eigenvalue weighted by Crippen LogP contribution is 2.21. The normalized spacial score (nSPS) is 27.6. The first-order valence-corrected chi connectivity index (χ1v) is 6.04. The fourth-order valence-electron chi connectivity index (χ4n) is 1.38. The lowest BCUT2D eigenvalue weighted by Gasteiger charge is -2.24. The summed E-state index contributed by atoms with van der Waals surface area (Å²) in [5.41, 5.74) is 1.26. The number of nitrogens with zero attached hydrogens (tertiary/aromatic N) is 2. The van der Waals surface area contributed by atoms with Gasteiger partial charge in [0.05, 0.1) is 12.2 Å². The zero-order valence-electron chi connectivity index (χ0n) is 7.93. The van der Waals surface area contributed by atoms with Crippen LogP contribution >= 0.6 is 0 Å². The molecule has 1 fully saturated rings. The molecule has 0 N–H and O–H groups in total. The van der Waals surface area contributed by atoms with E-state index < -0.39 is 10.8 Å². The summed E-state index contributed by atoms with van der Waals surface area (Å²) in [4.78, 5) is 0. The maximum Gasteiger partial charge on any atom is 0.0749 e. The van der Waals surface area contributed by atoms with Crippen LogP contribution in [0.25, 0.3) is 0 Å². The van der Waals surface area contributed by atoms with Gasteiger partial charge in [0.15, 0.2) is 0 Å². The van der Waals surface area contributed by atoms with E-state index in [4.69, 9.17) is 0 Å². The molecule has 2 heterocycles. The second-order valence-corrected chi connectivity index (χ2v) is 5.38. The monoisotopic (exact) mass is 198 g/mol. The van der Waals surface area contributed by atoms with Crippen molar-refractivity contribution < 1.29 is 4.21 Å². The van der Waals surface area contributed by atoms with Gasteiger partial charge in [0.1, 0.15) is 0 Å². The van der Waals surface area contributed by atoms with Gasteiger partial charge in [-0.15, -0.1) is 0 Å². The summed E-state index contributed by atoms with van der Waals surface area (Å²) in [6.07, 6.45) is 3.98. The molecule has 13 heavy (non-hydrogen) atoms. The number of rotatable bonds is 2. The van der Waals surface area contributed by atoms with E-state index in [-0.39, 0.29) is 0 Å². The maximum absolute atomic E-state index is 10.9. The third-order valence-corrected chi connectivity index (χ3v) is 3.93. The lowest BCUT2D eigenvalue weighted by Crippen LogP contribution is -2.33. The van der Waals surface area contributed by atoms with Gasteiger partial charge in [-0.3, -0.25) is 8.89 Å². The molecule has 0 aliphatic carbocycles. The van der Waals surface area contributed by atoms with Gasteiger partial charge in [0.25, 0.3) is 0 Å². The van der Waals surface area contributed by atoms with Crippen molar-refractivity contribution in [1.82, 2.24) is 9.78 Å². The van der Waals surface area contributed by atoms with Crippen LogP contribution in [0.5, 0.6) is 0 Å². The van der Waals surface area contributed by atoms with E-state index in [9.17, 15) is 4.21 Å². The zero-order valence-corrected chi connectivity index (χ0v) is 8.75. The quantitative estimate of drug-likeness (QED) is 0.718. The summed E-state index contributed by atoms with van der Waals surface area (Å²) in [5.74, 6) is 2.08. The predicted octanol–water partition coefficient (Wildman–Crippen LogP) is 1.31. The minimum absolute atomic E-state index is 0.383. The SMILES string of the molecule is CC(C)c1cnn(C2CS(=O)C2)c1. The van der Waals surface area contributed by atoms with Crippen LogP contribution in [0, 0.1) is 0 Å². The van der Waals surface area contributed by atoms with Crippen molar-refractivity contribution in [3.63, 3.8) is 0 Å². The molecule has 0 saturated carbocycles. The average Bonchev–Trinajstić information content (AvgIpc) is 2.46. The molecule has 0 atom stereocenters. The molecular weight excluding hydrogens is 184 g/mol. The van der Waals surface area contributed by atoms with E-state index in [1.54, 1.807) is 0 Å². The summed E-state index contributed by atoms with van der Waals surface area (Å²) >= 11 is 0. The second kappa shape index (κ2) is 3.25. The van der Waals surface area contributed by atoms with Crippen LogP contribution in [0.1, 0.15) is 31.4 Å². The lowest BCUT2D eigenvalue weighted by molar-refractivity contribution is 0.505.